The minimum Gasteiger partial charge on any atom is -0.247 e. The third-order valence-electron chi connectivity index (χ3n) is 4.92. The zero-order valence-electron chi connectivity index (χ0n) is 13.8. The molecule has 4 aromatic rings. The van der Waals surface area contributed by atoms with Crippen molar-refractivity contribution >= 4 is 0 Å². The summed E-state index contributed by atoms with van der Waals surface area (Å²) in [7, 11) is 0. The first-order valence-corrected chi connectivity index (χ1v) is 8.63. The van der Waals surface area contributed by atoms with Crippen LogP contribution in [0.15, 0.2) is 91.0 Å². The number of hydrogen-bond acceptors (Lipinski definition) is 1. The maximum Gasteiger partial charge on any atom is 0.0753 e. The zero-order valence-corrected chi connectivity index (χ0v) is 13.8. The summed E-state index contributed by atoms with van der Waals surface area (Å²) in [5, 5.41) is 0. The van der Waals surface area contributed by atoms with Crippen LogP contribution in [-0.4, -0.2) is 4.98 Å². The average Bonchev–Trinajstić information content (AvgIpc) is 3.07. The van der Waals surface area contributed by atoms with Crippen LogP contribution in [0.5, 0.6) is 0 Å². The van der Waals surface area contributed by atoms with Crippen molar-refractivity contribution in [3.63, 3.8) is 0 Å². The number of nitrogens with zero attached hydrogens (tertiary/aromatic N) is 1. The van der Waals surface area contributed by atoms with E-state index in [4.69, 9.17) is 4.98 Å². The molecule has 0 saturated heterocycles. The molecule has 1 aromatic heterocycles. The smallest absolute Gasteiger partial charge is 0.0753 e. The van der Waals surface area contributed by atoms with Gasteiger partial charge < -0.3 is 0 Å². The number of rotatable bonds is 2. The Labute approximate surface area is 147 Å². The van der Waals surface area contributed by atoms with Crippen LogP contribution < -0.4 is 0 Å². The van der Waals surface area contributed by atoms with Crippen LogP contribution in [0.4, 0.5) is 0 Å². The molecule has 0 aliphatic heterocycles. The van der Waals surface area contributed by atoms with Crippen molar-refractivity contribution in [3.8, 4) is 33.6 Å². The summed E-state index contributed by atoms with van der Waals surface area (Å²) >= 11 is 0. The Balaban J connectivity index is 1.80. The van der Waals surface area contributed by atoms with Crippen LogP contribution in [0.1, 0.15) is 11.1 Å². The van der Waals surface area contributed by atoms with Gasteiger partial charge in [-0.3, -0.25) is 0 Å². The van der Waals surface area contributed by atoms with Crippen molar-refractivity contribution in [2.24, 2.45) is 0 Å². The molecule has 5 rings (SSSR count). The van der Waals surface area contributed by atoms with Crippen molar-refractivity contribution in [2.75, 3.05) is 0 Å². The van der Waals surface area contributed by atoms with E-state index in [1.807, 2.05) is 6.07 Å². The normalized spacial score (nSPS) is 11.8. The molecule has 3 aromatic carbocycles. The van der Waals surface area contributed by atoms with E-state index in [9.17, 15) is 0 Å². The second kappa shape index (κ2) is 5.71. The summed E-state index contributed by atoms with van der Waals surface area (Å²) in [5.41, 5.74) is 9.86. The van der Waals surface area contributed by atoms with Crippen molar-refractivity contribution < 1.29 is 0 Å². The average molecular weight is 319 g/mol. The van der Waals surface area contributed by atoms with Gasteiger partial charge in [-0.05, 0) is 28.3 Å². The Morgan fingerprint density at radius 2 is 1.24 bits per heavy atom. The monoisotopic (exact) mass is 319 g/mol. The molecule has 1 aliphatic rings. The third-order valence-corrected chi connectivity index (χ3v) is 4.92. The summed E-state index contributed by atoms with van der Waals surface area (Å²) in [4.78, 5) is 5.05. The highest BCUT2D eigenvalue weighted by Gasteiger charge is 2.24. The number of benzene rings is 3. The molecular formula is C24H17N. The summed E-state index contributed by atoms with van der Waals surface area (Å²) in [5.74, 6) is 0. The molecule has 1 heteroatoms. The Hall–Kier alpha value is -3.19. The van der Waals surface area contributed by atoms with Gasteiger partial charge in [-0.25, -0.2) is 4.98 Å². The first-order chi connectivity index (χ1) is 12.4. The fraction of sp³-hybridized carbons (Fsp3) is 0.0417. The molecule has 1 nitrogen and oxygen atoms in total. The number of hydrogen-bond donors (Lipinski definition) is 0. The van der Waals surface area contributed by atoms with Crippen LogP contribution in [0.2, 0.25) is 0 Å². The van der Waals surface area contributed by atoms with Gasteiger partial charge in [-0.1, -0.05) is 84.9 Å². The molecular weight excluding hydrogens is 302 g/mol. The van der Waals surface area contributed by atoms with Gasteiger partial charge in [0.1, 0.15) is 0 Å². The Kier molecular flexibility index (Phi) is 3.24. The molecule has 0 bridgehead atoms. The van der Waals surface area contributed by atoms with Crippen LogP contribution in [0, 0.1) is 0 Å². The minimum atomic E-state index is 0.956. The topological polar surface area (TPSA) is 12.9 Å². The maximum atomic E-state index is 5.05. The van der Waals surface area contributed by atoms with Crippen molar-refractivity contribution in [2.45, 2.75) is 6.42 Å². The van der Waals surface area contributed by atoms with E-state index in [0.29, 0.717) is 0 Å². The van der Waals surface area contributed by atoms with Crippen LogP contribution >= 0.6 is 0 Å². The lowest BCUT2D eigenvalue weighted by molar-refractivity contribution is 1.23. The maximum absolute atomic E-state index is 5.05. The largest absolute Gasteiger partial charge is 0.247 e. The summed E-state index contributed by atoms with van der Waals surface area (Å²) in [6.07, 6.45) is 0.956. The third kappa shape index (κ3) is 2.36. The summed E-state index contributed by atoms with van der Waals surface area (Å²) in [6.45, 7) is 0. The van der Waals surface area contributed by atoms with Gasteiger partial charge in [0.15, 0.2) is 0 Å². The number of pyridine rings is 1. The fourth-order valence-electron chi connectivity index (χ4n) is 3.70. The van der Waals surface area contributed by atoms with Crippen molar-refractivity contribution in [3.05, 3.63) is 102 Å². The molecule has 118 valence electrons. The molecule has 1 heterocycles. The van der Waals surface area contributed by atoms with Gasteiger partial charge in [0.05, 0.1) is 11.4 Å². The van der Waals surface area contributed by atoms with E-state index in [1.54, 1.807) is 0 Å². The molecule has 0 radical (unpaired) electrons. The number of fused-ring (bicyclic) bond motifs is 3. The number of aromatic nitrogens is 1. The highest BCUT2D eigenvalue weighted by atomic mass is 14.7. The minimum absolute atomic E-state index is 0.956. The standard InChI is InChI=1S/C24H17N/c1-3-9-17(10-4-1)21-16-23(18-11-5-2-6-12-18)25-24-20-14-8-7-13-19(20)15-22(21)24/h1-14,16H,15H2. The van der Waals surface area contributed by atoms with E-state index in [0.717, 1.165) is 23.4 Å². The van der Waals surface area contributed by atoms with Gasteiger partial charge in [-0.15, -0.1) is 0 Å². The lowest BCUT2D eigenvalue weighted by atomic mass is 9.96. The van der Waals surface area contributed by atoms with E-state index in [-0.39, 0.29) is 0 Å². The Morgan fingerprint density at radius 3 is 2.00 bits per heavy atom. The van der Waals surface area contributed by atoms with Gasteiger partial charge in [0, 0.05) is 17.5 Å². The molecule has 0 N–H and O–H groups in total. The Morgan fingerprint density at radius 1 is 0.600 bits per heavy atom. The van der Waals surface area contributed by atoms with Gasteiger partial charge >= 0.3 is 0 Å². The van der Waals surface area contributed by atoms with E-state index in [1.165, 1.54) is 27.8 Å². The second-order valence-electron chi connectivity index (χ2n) is 6.45. The fourth-order valence-corrected chi connectivity index (χ4v) is 3.70. The van der Waals surface area contributed by atoms with E-state index in [2.05, 4.69) is 84.9 Å². The molecule has 1 aliphatic carbocycles. The van der Waals surface area contributed by atoms with Gasteiger partial charge in [0.2, 0.25) is 0 Å². The molecule has 0 atom stereocenters. The molecule has 0 spiro atoms. The van der Waals surface area contributed by atoms with E-state index < -0.39 is 0 Å². The molecule has 0 amide bonds. The molecule has 0 fully saturated rings. The first-order valence-electron chi connectivity index (χ1n) is 8.63. The summed E-state index contributed by atoms with van der Waals surface area (Å²) in [6, 6.07) is 32.0. The molecule has 25 heavy (non-hydrogen) atoms. The van der Waals surface area contributed by atoms with Crippen LogP contribution in [-0.2, 0) is 6.42 Å². The first kappa shape index (κ1) is 14.2. The highest BCUT2D eigenvalue weighted by Crippen LogP contribution is 2.42. The lowest BCUT2D eigenvalue weighted by Gasteiger charge is -2.12. The van der Waals surface area contributed by atoms with Crippen molar-refractivity contribution in [1.82, 2.24) is 4.98 Å². The van der Waals surface area contributed by atoms with Gasteiger partial charge in [0.25, 0.3) is 0 Å². The van der Waals surface area contributed by atoms with Crippen molar-refractivity contribution in [1.29, 1.82) is 0 Å². The summed E-state index contributed by atoms with van der Waals surface area (Å²) < 4.78 is 0. The SMILES string of the molecule is c1ccc(-c2cc(-c3ccccc3)c3c(n2)-c2ccccc2C3)cc1. The van der Waals surface area contributed by atoms with Crippen LogP contribution in [0.3, 0.4) is 0 Å². The molecule has 0 unspecified atom stereocenters. The predicted molar refractivity (Wildman–Crippen MR) is 103 cm³/mol. The second-order valence-corrected chi connectivity index (χ2v) is 6.45. The lowest BCUT2D eigenvalue weighted by Crippen LogP contribution is -1.94. The van der Waals surface area contributed by atoms with Gasteiger partial charge in [-0.2, -0.15) is 0 Å². The quantitative estimate of drug-likeness (QED) is 0.389. The van der Waals surface area contributed by atoms with Crippen LogP contribution in [0.25, 0.3) is 33.6 Å². The predicted octanol–water partition coefficient (Wildman–Crippen LogP) is 5.99. The Bertz CT molecular complexity index is 1050. The zero-order chi connectivity index (χ0) is 16.6. The highest BCUT2D eigenvalue weighted by molar-refractivity contribution is 5.85. The van der Waals surface area contributed by atoms with E-state index >= 15 is 0 Å². The molecule has 0 saturated carbocycles.